The van der Waals surface area contributed by atoms with Crippen LogP contribution in [-0.2, 0) is 20.9 Å². The SMILES string of the molecule is CN(C(=O)[C@@H]1CCCN1C(=O)[C@H](O)[C@@H](O)C(=O)NCc1ccco1)c1ccccc1. The molecule has 3 atom stereocenters. The molecule has 0 unspecified atom stereocenters. The van der Waals surface area contributed by atoms with E-state index in [1.165, 1.54) is 16.1 Å². The summed E-state index contributed by atoms with van der Waals surface area (Å²) in [5.74, 6) is -1.59. The topological polar surface area (TPSA) is 123 Å². The average Bonchev–Trinajstić information content (AvgIpc) is 3.47. The minimum Gasteiger partial charge on any atom is -0.467 e. The second-order valence-electron chi connectivity index (χ2n) is 7.11. The normalized spacial score (nSPS) is 18.0. The van der Waals surface area contributed by atoms with Gasteiger partial charge in [0.15, 0.2) is 12.2 Å². The second-order valence-corrected chi connectivity index (χ2v) is 7.11. The molecule has 1 aliphatic rings. The molecule has 2 aromatic rings. The van der Waals surface area contributed by atoms with Gasteiger partial charge in [-0.1, -0.05) is 18.2 Å². The Labute approximate surface area is 173 Å². The highest BCUT2D eigenvalue weighted by Gasteiger charge is 2.41. The van der Waals surface area contributed by atoms with Crippen LogP contribution in [0.4, 0.5) is 5.69 Å². The molecule has 9 nitrogen and oxygen atoms in total. The number of carbonyl (C=O) groups is 3. The predicted molar refractivity (Wildman–Crippen MR) is 107 cm³/mol. The Balaban J connectivity index is 1.62. The number of benzene rings is 1. The van der Waals surface area contributed by atoms with Crippen LogP contribution in [0, 0.1) is 0 Å². The Hall–Kier alpha value is -3.17. The lowest BCUT2D eigenvalue weighted by Gasteiger charge is -2.30. The first-order chi connectivity index (χ1) is 14.4. The van der Waals surface area contributed by atoms with Gasteiger partial charge in [0.05, 0.1) is 12.8 Å². The number of aliphatic hydroxyl groups is 2. The Morgan fingerprint density at radius 2 is 1.90 bits per heavy atom. The van der Waals surface area contributed by atoms with Gasteiger partial charge in [-0.2, -0.15) is 0 Å². The van der Waals surface area contributed by atoms with Gasteiger partial charge >= 0.3 is 0 Å². The minimum absolute atomic E-state index is 0.0104. The van der Waals surface area contributed by atoms with Crippen LogP contribution < -0.4 is 10.2 Å². The molecule has 3 N–H and O–H groups in total. The molecule has 0 spiro atoms. The molecule has 30 heavy (non-hydrogen) atoms. The summed E-state index contributed by atoms with van der Waals surface area (Å²) in [4.78, 5) is 40.4. The fourth-order valence-electron chi connectivity index (χ4n) is 3.43. The Morgan fingerprint density at radius 3 is 2.57 bits per heavy atom. The lowest BCUT2D eigenvalue weighted by Crippen LogP contribution is -2.54. The third-order valence-electron chi connectivity index (χ3n) is 5.13. The van der Waals surface area contributed by atoms with Gasteiger partial charge in [-0.3, -0.25) is 14.4 Å². The van der Waals surface area contributed by atoms with Crippen molar-refractivity contribution in [2.24, 2.45) is 0 Å². The van der Waals surface area contributed by atoms with Crippen molar-refractivity contribution in [3.05, 3.63) is 54.5 Å². The molecule has 0 bridgehead atoms. The lowest BCUT2D eigenvalue weighted by molar-refractivity contribution is -0.155. The summed E-state index contributed by atoms with van der Waals surface area (Å²) in [6, 6.07) is 11.5. The summed E-state index contributed by atoms with van der Waals surface area (Å²) < 4.78 is 5.08. The maximum Gasteiger partial charge on any atom is 0.255 e. The zero-order valence-corrected chi connectivity index (χ0v) is 16.6. The van der Waals surface area contributed by atoms with E-state index in [1.807, 2.05) is 6.07 Å². The van der Waals surface area contributed by atoms with Crippen molar-refractivity contribution >= 4 is 23.4 Å². The van der Waals surface area contributed by atoms with Crippen molar-refractivity contribution in [3.63, 3.8) is 0 Å². The highest BCUT2D eigenvalue weighted by Crippen LogP contribution is 2.23. The number of nitrogens with zero attached hydrogens (tertiary/aromatic N) is 2. The summed E-state index contributed by atoms with van der Waals surface area (Å²) in [5.41, 5.74) is 0.680. The molecule has 3 amide bonds. The van der Waals surface area contributed by atoms with Crippen molar-refractivity contribution < 1.29 is 29.0 Å². The van der Waals surface area contributed by atoms with Gasteiger partial charge in [0, 0.05) is 19.3 Å². The van der Waals surface area contributed by atoms with Gasteiger partial charge in [0.2, 0.25) is 5.91 Å². The third-order valence-corrected chi connectivity index (χ3v) is 5.13. The van der Waals surface area contributed by atoms with E-state index in [4.69, 9.17) is 4.42 Å². The molecule has 1 saturated heterocycles. The largest absolute Gasteiger partial charge is 0.467 e. The molecular formula is C21H25N3O6. The number of carbonyl (C=O) groups excluding carboxylic acids is 3. The Kier molecular flexibility index (Phi) is 6.86. The molecule has 9 heteroatoms. The van der Waals surface area contributed by atoms with E-state index in [1.54, 1.807) is 43.4 Å². The van der Waals surface area contributed by atoms with Gasteiger partial charge in [-0.25, -0.2) is 0 Å². The van der Waals surface area contributed by atoms with E-state index in [0.717, 1.165) is 0 Å². The van der Waals surface area contributed by atoms with Gasteiger partial charge in [-0.05, 0) is 37.1 Å². The van der Waals surface area contributed by atoms with Gasteiger partial charge in [0.1, 0.15) is 11.8 Å². The van der Waals surface area contributed by atoms with Crippen molar-refractivity contribution in [3.8, 4) is 0 Å². The highest BCUT2D eigenvalue weighted by molar-refractivity contribution is 6.00. The molecule has 1 fully saturated rings. The van der Waals surface area contributed by atoms with E-state index in [9.17, 15) is 24.6 Å². The molecule has 3 rings (SSSR count). The second kappa shape index (κ2) is 9.55. The van der Waals surface area contributed by atoms with Crippen LogP contribution in [0.3, 0.4) is 0 Å². The Bertz CT molecular complexity index is 870. The number of rotatable bonds is 7. The monoisotopic (exact) mass is 415 g/mol. The number of likely N-dealkylation sites (tertiary alicyclic amines) is 1. The maximum absolute atomic E-state index is 12.9. The molecule has 0 radical (unpaired) electrons. The fraction of sp³-hybridized carbons (Fsp3) is 0.381. The maximum atomic E-state index is 12.9. The summed E-state index contributed by atoms with van der Waals surface area (Å²) in [7, 11) is 1.62. The molecule has 1 aromatic carbocycles. The molecule has 160 valence electrons. The standard InChI is InChI=1S/C21H25N3O6/c1-23(14-7-3-2-4-8-14)20(28)16-10-5-11-24(16)21(29)18(26)17(25)19(27)22-13-15-9-6-12-30-15/h2-4,6-9,12,16-18,25-26H,5,10-11,13H2,1H3,(H,22,27)/t16-,17+,18+/m0/s1. The number of nitrogens with one attached hydrogen (secondary N) is 1. The van der Waals surface area contributed by atoms with Crippen LogP contribution >= 0.6 is 0 Å². The smallest absolute Gasteiger partial charge is 0.255 e. The van der Waals surface area contributed by atoms with E-state index >= 15 is 0 Å². The van der Waals surface area contributed by atoms with Crippen molar-refractivity contribution in [2.75, 3.05) is 18.5 Å². The van der Waals surface area contributed by atoms with E-state index in [2.05, 4.69) is 5.32 Å². The number of likely N-dealkylation sites (N-methyl/N-ethyl adjacent to an activating group) is 1. The molecule has 1 aliphatic heterocycles. The number of hydrogen-bond acceptors (Lipinski definition) is 6. The molecule has 2 heterocycles. The average molecular weight is 415 g/mol. The van der Waals surface area contributed by atoms with Gasteiger partial charge in [-0.15, -0.1) is 0 Å². The predicted octanol–water partition coefficient (Wildman–Crippen LogP) is 0.272. The number of furan rings is 1. The van der Waals surface area contributed by atoms with Crippen molar-refractivity contribution in [2.45, 2.75) is 37.6 Å². The van der Waals surface area contributed by atoms with E-state index < -0.39 is 30.1 Å². The highest BCUT2D eigenvalue weighted by atomic mass is 16.3. The van der Waals surface area contributed by atoms with Crippen LogP contribution in [0.2, 0.25) is 0 Å². The van der Waals surface area contributed by atoms with Crippen LogP contribution in [0.25, 0.3) is 0 Å². The fourth-order valence-corrected chi connectivity index (χ4v) is 3.43. The van der Waals surface area contributed by atoms with E-state index in [0.29, 0.717) is 24.3 Å². The van der Waals surface area contributed by atoms with Crippen LogP contribution in [0.15, 0.2) is 53.1 Å². The van der Waals surface area contributed by atoms with Gasteiger partial charge in [0.25, 0.3) is 11.8 Å². The first-order valence-corrected chi connectivity index (χ1v) is 9.69. The number of anilines is 1. The van der Waals surface area contributed by atoms with Crippen molar-refractivity contribution in [1.29, 1.82) is 0 Å². The molecule has 0 saturated carbocycles. The minimum atomic E-state index is -1.97. The quantitative estimate of drug-likeness (QED) is 0.597. The zero-order chi connectivity index (χ0) is 21.7. The number of aliphatic hydroxyl groups excluding tert-OH is 2. The molecule has 1 aromatic heterocycles. The summed E-state index contributed by atoms with van der Waals surface area (Å²) >= 11 is 0. The van der Waals surface area contributed by atoms with E-state index in [-0.39, 0.29) is 19.0 Å². The number of para-hydroxylation sites is 1. The van der Waals surface area contributed by atoms with Crippen LogP contribution in [-0.4, -0.2) is 64.7 Å². The zero-order valence-electron chi connectivity index (χ0n) is 16.6. The Morgan fingerprint density at radius 1 is 1.17 bits per heavy atom. The number of hydrogen-bond donors (Lipinski definition) is 3. The molecule has 0 aliphatic carbocycles. The first-order valence-electron chi connectivity index (χ1n) is 9.69. The van der Waals surface area contributed by atoms with Gasteiger partial charge < -0.3 is 29.7 Å². The third kappa shape index (κ3) is 4.69. The summed E-state index contributed by atoms with van der Waals surface area (Å²) in [6.07, 6.45) is -1.48. The summed E-state index contributed by atoms with van der Waals surface area (Å²) in [6.45, 7) is 0.270. The lowest BCUT2D eigenvalue weighted by atomic mass is 10.1. The van der Waals surface area contributed by atoms with Crippen LogP contribution in [0.1, 0.15) is 18.6 Å². The molecular weight excluding hydrogens is 390 g/mol. The summed E-state index contributed by atoms with van der Waals surface area (Å²) in [5, 5.41) is 22.8. The van der Waals surface area contributed by atoms with Crippen LogP contribution in [0.5, 0.6) is 0 Å². The first kappa shape index (κ1) is 21.5. The van der Waals surface area contributed by atoms with Crippen molar-refractivity contribution in [1.82, 2.24) is 10.2 Å². The number of amides is 3.